The van der Waals surface area contributed by atoms with Gasteiger partial charge in [0.1, 0.15) is 12.6 Å². The number of rotatable bonds is 10. The number of anilines is 1. The lowest BCUT2D eigenvalue weighted by molar-refractivity contribution is -0.118. The van der Waals surface area contributed by atoms with E-state index in [9.17, 15) is 19.5 Å². The lowest BCUT2D eigenvalue weighted by Gasteiger charge is -2.25. The zero-order valence-corrected chi connectivity index (χ0v) is 23.7. The monoisotopic (exact) mass is 583 g/mol. The minimum atomic E-state index is -1.13. The second-order valence-corrected chi connectivity index (χ2v) is 10.6. The molecule has 8 nitrogen and oxygen atoms in total. The van der Waals surface area contributed by atoms with Gasteiger partial charge in [0.05, 0.1) is 16.3 Å². The molecule has 3 N–H and O–H groups in total. The highest BCUT2D eigenvalue weighted by Crippen LogP contribution is 2.44. The van der Waals surface area contributed by atoms with Crippen LogP contribution in [0.15, 0.2) is 97.1 Å². The van der Waals surface area contributed by atoms with Gasteiger partial charge in [0.2, 0.25) is 5.91 Å². The van der Waals surface area contributed by atoms with E-state index in [0.29, 0.717) is 6.54 Å². The summed E-state index contributed by atoms with van der Waals surface area (Å²) in [4.78, 5) is 39.7. The lowest BCUT2D eigenvalue weighted by atomic mass is 9.98. The molecule has 214 valence electrons. The van der Waals surface area contributed by atoms with Crippen molar-refractivity contribution in [1.82, 2.24) is 10.2 Å². The lowest BCUT2D eigenvalue weighted by Crippen LogP contribution is -2.50. The highest BCUT2D eigenvalue weighted by atomic mass is 35.5. The van der Waals surface area contributed by atoms with Crippen molar-refractivity contribution in [3.05, 3.63) is 124 Å². The van der Waals surface area contributed by atoms with Crippen LogP contribution in [0.25, 0.3) is 11.1 Å². The number of fused-ring (bicyclic) bond motifs is 3. The van der Waals surface area contributed by atoms with Gasteiger partial charge in [0.25, 0.3) is 0 Å². The Hall–Kier alpha value is -4.66. The standard InChI is InChI=1S/C33H30ClN3O5/c1-37(18-21-9-3-2-4-10-21)19-30(31(38)35-29-16-15-22(32(39)40)17-28(29)34)36-33(41)42-20-27-25-13-7-5-11-23(25)24-12-6-8-14-26(24)27/h2-17,27,30H,18-20H2,1H3,(H,35,38)(H,36,41)(H,39,40). The van der Waals surface area contributed by atoms with Crippen molar-refractivity contribution >= 4 is 35.3 Å². The molecule has 1 atom stereocenters. The Morgan fingerprint density at radius 2 is 1.52 bits per heavy atom. The largest absolute Gasteiger partial charge is 0.478 e. The van der Waals surface area contributed by atoms with E-state index in [1.54, 1.807) is 0 Å². The number of carboxylic acid groups (broad SMARTS) is 1. The Morgan fingerprint density at radius 1 is 0.905 bits per heavy atom. The number of likely N-dealkylation sites (N-methyl/N-ethyl adjacent to an activating group) is 1. The molecule has 9 heteroatoms. The van der Waals surface area contributed by atoms with Gasteiger partial charge in [-0.3, -0.25) is 9.69 Å². The molecule has 1 aliphatic carbocycles. The zero-order chi connectivity index (χ0) is 29.6. The predicted octanol–water partition coefficient (Wildman–Crippen LogP) is 6.02. The number of amides is 2. The third-order valence-corrected chi connectivity index (χ3v) is 7.53. The van der Waals surface area contributed by atoms with Crippen LogP contribution in [0.2, 0.25) is 5.02 Å². The molecule has 0 spiro atoms. The molecule has 4 aromatic rings. The summed E-state index contributed by atoms with van der Waals surface area (Å²) in [5.74, 6) is -1.77. The number of carboxylic acids is 1. The highest BCUT2D eigenvalue weighted by molar-refractivity contribution is 6.34. The summed E-state index contributed by atoms with van der Waals surface area (Å²) in [5.41, 5.74) is 5.68. The number of carbonyl (C=O) groups excluding carboxylic acids is 2. The van der Waals surface area contributed by atoms with Gasteiger partial charge in [-0.1, -0.05) is 90.5 Å². The van der Waals surface area contributed by atoms with Crippen LogP contribution in [-0.2, 0) is 16.1 Å². The first-order valence-electron chi connectivity index (χ1n) is 13.5. The fourth-order valence-electron chi connectivity index (χ4n) is 5.22. The van der Waals surface area contributed by atoms with Gasteiger partial charge < -0.3 is 20.5 Å². The summed E-state index contributed by atoms with van der Waals surface area (Å²) < 4.78 is 5.70. The summed E-state index contributed by atoms with van der Waals surface area (Å²) >= 11 is 6.25. The number of ether oxygens (including phenoxy) is 1. The number of aromatic carboxylic acids is 1. The van der Waals surface area contributed by atoms with Crippen molar-refractivity contribution in [2.24, 2.45) is 0 Å². The summed E-state index contributed by atoms with van der Waals surface area (Å²) in [6.07, 6.45) is -0.725. The van der Waals surface area contributed by atoms with Gasteiger partial charge in [-0.15, -0.1) is 0 Å². The molecule has 5 rings (SSSR count). The molecule has 0 saturated heterocycles. The van der Waals surface area contributed by atoms with E-state index in [2.05, 4.69) is 22.8 Å². The van der Waals surface area contributed by atoms with Crippen molar-refractivity contribution in [3.63, 3.8) is 0 Å². The minimum Gasteiger partial charge on any atom is -0.478 e. The fourth-order valence-corrected chi connectivity index (χ4v) is 5.44. The molecular weight excluding hydrogens is 554 g/mol. The Labute approximate surface area is 248 Å². The first kappa shape index (κ1) is 28.9. The topological polar surface area (TPSA) is 108 Å². The molecule has 0 heterocycles. The van der Waals surface area contributed by atoms with E-state index < -0.39 is 24.0 Å². The Balaban J connectivity index is 1.29. The molecule has 0 saturated carbocycles. The first-order valence-corrected chi connectivity index (χ1v) is 13.9. The number of halogens is 1. The third-order valence-electron chi connectivity index (χ3n) is 7.22. The summed E-state index contributed by atoms with van der Waals surface area (Å²) in [7, 11) is 1.85. The van der Waals surface area contributed by atoms with Gasteiger partial charge in [0, 0.05) is 19.0 Å². The van der Waals surface area contributed by atoms with Crippen LogP contribution in [-0.4, -0.2) is 54.2 Å². The molecule has 0 fully saturated rings. The van der Waals surface area contributed by atoms with Crippen LogP contribution in [0, 0.1) is 0 Å². The van der Waals surface area contributed by atoms with Gasteiger partial charge in [0.15, 0.2) is 0 Å². The molecule has 0 radical (unpaired) electrons. The molecule has 2 amide bonds. The second-order valence-electron chi connectivity index (χ2n) is 10.2. The van der Waals surface area contributed by atoms with Crippen molar-refractivity contribution in [3.8, 4) is 11.1 Å². The van der Waals surface area contributed by atoms with Gasteiger partial charge in [-0.25, -0.2) is 9.59 Å². The Morgan fingerprint density at radius 3 is 2.14 bits per heavy atom. The van der Waals surface area contributed by atoms with Gasteiger partial charge >= 0.3 is 12.1 Å². The molecular formula is C33H30ClN3O5. The smallest absolute Gasteiger partial charge is 0.407 e. The predicted molar refractivity (Wildman–Crippen MR) is 162 cm³/mol. The van der Waals surface area contributed by atoms with E-state index >= 15 is 0 Å². The SMILES string of the molecule is CN(Cc1ccccc1)CC(NC(=O)OCC1c2ccccc2-c2ccccc21)C(=O)Nc1ccc(C(=O)O)cc1Cl. The molecule has 0 aromatic heterocycles. The zero-order valence-electron chi connectivity index (χ0n) is 22.9. The average molecular weight is 584 g/mol. The van der Waals surface area contributed by atoms with Crippen molar-refractivity contribution in [2.45, 2.75) is 18.5 Å². The van der Waals surface area contributed by atoms with Crippen LogP contribution in [0.5, 0.6) is 0 Å². The number of nitrogens with one attached hydrogen (secondary N) is 2. The van der Waals surface area contributed by atoms with Crippen LogP contribution < -0.4 is 10.6 Å². The van der Waals surface area contributed by atoms with E-state index in [1.165, 1.54) is 18.2 Å². The molecule has 4 aromatic carbocycles. The number of carbonyl (C=O) groups is 3. The normalized spacial score (nSPS) is 12.7. The highest BCUT2D eigenvalue weighted by Gasteiger charge is 2.30. The van der Waals surface area contributed by atoms with Crippen molar-refractivity contribution in [2.75, 3.05) is 25.5 Å². The van der Waals surface area contributed by atoms with E-state index in [1.807, 2.05) is 78.7 Å². The van der Waals surface area contributed by atoms with Crippen LogP contribution >= 0.6 is 11.6 Å². The van der Waals surface area contributed by atoms with Gasteiger partial charge in [-0.05, 0) is 53.1 Å². The maximum Gasteiger partial charge on any atom is 0.407 e. The summed E-state index contributed by atoms with van der Waals surface area (Å²) in [5, 5.41) is 14.7. The van der Waals surface area contributed by atoms with E-state index in [4.69, 9.17) is 16.3 Å². The summed E-state index contributed by atoms with van der Waals surface area (Å²) in [6.45, 7) is 0.831. The van der Waals surface area contributed by atoms with Crippen LogP contribution in [0.4, 0.5) is 10.5 Å². The molecule has 42 heavy (non-hydrogen) atoms. The molecule has 0 aliphatic heterocycles. The minimum absolute atomic E-state index is 0.00564. The molecule has 0 bridgehead atoms. The molecule has 1 unspecified atom stereocenters. The number of hydrogen-bond acceptors (Lipinski definition) is 5. The number of hydrogen-bond donors (Lipinski definition) is 3. The van der Waals surface area contributed by atoms with E-state index in [-0.39, 0.29) is 35.3 Å². The fraction of sp³-hybridized carbons (Fsp3) is 0.182. The number of benzene rings is 4. The number of nitrogens with zero attached hydrogens (tertiary/aromatic N) is 1. The second kappa shape index (κ2) is 12.9. The summed E-state index contributed by atoms with van der Waals surface area (Å²) in [6, 6.07) is 28.9. The maximum atomic E-state index is 13.4. The third kappa shape index (κ3) is 6.62. The van der Waals surface area contributed by atoms with Crippen molar-refractivity contribution in [1.29, 1.82) is 0 Å². The number of alkyl carbamates (subject to hydrolysis) is 1. The van der Waals surface area contributed by atoms with Crippen LogP contribution in [0.3, 0.4) is 0 Å². The van der Waals surface area contributed by atoms with E-state index in [0.717, 1.165) is 27.8 Å². The average Bonchev–Trinajstić information content (AvgIpc) is 3.30. The first-order chi connectivity index (χ1) is 20.3. The Kier molecular flexibility index (Phi) is 8.85. The quantitative estimate of drug-likeness (QED) is 0.211. The van der Waals surface area contributed by atoms with Crippen LogP contribution in [0.1, 0.15) is 33.0 Å². The molecule has 1 aliphatic rings. The maximum absolute atomic E-state index is 13.4. The Bertz CT molecular complexity index is 1570. The van der Waals surface area contributed by atoms with Gasteiger partial charge in [-0.2, -0.15) is 0 Å². The van der Waals surface area contributed by atoms with Crippen molar-refractivity contribution < 1.29 is 24.2 Å².